The number of nitrogens with zero attached hydrogens (tertiary/aromatic N) is 3. The highest BCUT2D eigenvalue weighted by atomic mass is 32.2. The van der Waals surface area contributed by atoms with Gasteiger partial charge in [0, 0.05) is 31.9 Å². The lowest BCUT2D eigenvalue weighted by Gasteiger charge is -2.35. The van der Waals surface area contributed by atoms with E-state index >= 15 is 0 Å². The van der Waals surface area contributed by atoms with Gasteiger partial charge in [0.1, 0.15) is 5.82 Å². The molecule has 1 aliphatic rings. The number of sulfonamides is 1. The minimum atomic E-state index is -3.23. The second-order valence-corrected chi connectivity index (χ2v) is 9.05. The third-order valence-electron chi connectivity index (χ3n) is 5.07. The molecule has 0 saturated carbocycles. The molecular formula is C20H24N4O2S. The summed E-state index contributed by atoms with van der Waals surface area (Å²) in [6, 6.07) is 15.9. The molecule has 0 atom stereocenters. The van der Waals surface area contributed by atoms with Crippen molar-refractivity contribution in [1.29, 1.82) is 0 Å². The molecule has 0 radical (unpaired) electrons. The van der Waals surface area contributed by atoms with Gasteiger partial charge in [-0.2, -0.15) is 4.31 Å². The summed E-state index contributed by atoms with van der Waals surface area (Å²) in [5, 5.41) is 0. The molecule has 2 heterocycles. The summed E-state index contributed by atoms with van der Waals surface area (Å²) in [5.41, 5.74) is 4.14. The molecule has 3 aromatic rings. The van der Waals surface area contributed by atoms with Crippen molar-refractivity contribution < 1.29 is 8.42 Å². The van der Waals surface area contributed by atoms with E-state index in [1.165, 1.54) is 0 Å². The second kappa shape index (κ2) is 7.32. The number of piperazine rings is 1. The number of aromatic amines is 1. The summed E-state index contributed by atoms with van der Waals surface area (Å²) in [4.78, 5) is 9.92. The zero-order chi connectivity index (χ0) is 18.9. The van der Waals surface area contributed by atoms with Crippen LogP contribution in [0, 0.1) is 6.92 Å². The molecular weight excluding hydrogens is 360 g/mol. The van der Waals surface area contributed by atoms with Crippen LogP contribution in [0.3, 0.4) is 0 Å². The van der Waals surface area contributed by atoms with Gasteiger partial charge in [-0.15, -0.1) is 0 Å². The highest BCUT2D eigenvalue weighted by Gasteiger charge is 2.26. The van der Waals surface area contributed by atoms with Crippen molar-refractivity contribution in [3.8, 4) is 0 Å². The molecule has 0 amide bonds. The maximum absolute atomic E-state index is 12.7. The Labute approximate surface area is 159 Å². The molecule has 1 saturated heterocycles. The van der Waals surface area contributed by atoms with Crippen LogP contribution in [0.25, 0.3) is 11.0 Å². The number of hydrogen-bond donors (Lipinski definition) is 1. The Hall–Kier alpha value is -2.38. The second-order valence-electron chi connectivity index (χ2n) is 6.96. The number of benzene rings is 2. The minimum Gasteiger partial charge on any atom is -0.369 e. The monoisotopic (exact) mass is 384 g/mol. The summed E-state index contributed by atoms with van der Waals surface area (Å²) in [5.74, 6) is 1.06. The van der Waals surface area contributed by atoms with Crippen LogP contribution < -0.4 is 4.90 Å². The normalized spacial score (nSPS) is 16.1. The highest BCUT2D eigenvalue weighted by molar-refractivity contribution is 7.89. The van der Waals surface area contributed by atoms with Crippen molar-refractivity contribution in [2.24, 2.45) is 0 Å². The number of hydrogen-bond acceptors (Lipinski definition) is 4. The number of aromatic nitrogens is 2. The van der Waals surface area contributed by atoms with Crippen molar-refractivity contribution >= 4 is 26.7 Å². The Morgan fingerprint density at radius 3 is 2.52 bits per heavy atom. The number of H-pyrrole nitrogens is 1. The van der Waals surface area contributed by atoms with Gasteiger partial charge in [-0.3, -0.25) is 0 Å². The zero-order valence-corrected chi connectivity index (χ0v) is 16.2. The van der Waals surface area contributed by atoms with E-state index < -0.39 is 10.0 Å². The number of imidazole rings is 1. The van der Waals surface area contributed by atoms with Gasteiger partial charge in [0.15, 0.2) is 0 Å². The Morgan fingerprint density at radius 2 is 1.78 bits per heavy atom. The largest absolute Gasteiger partial charge is 0.369 e. The summed E-state index contributed by atoms with van der Waals surface area (Å²) in [7, 11) is -3.23. The Kier molecular flexibility index (Phi) is 4.88. The fraction of sp³-hybridized carbons (Fsp3) is 0.350. The fourth-order valence-corrected chi connectivity index (χ4v) is 5.04. The molecule has 4 rings (SSSR count). The lowest BCUT2D eigenvalue weighted by molar-refractivity contribution is 0.385. The molecule has 142 valence electrons. The average molecular weight is 385 g/mol. The molecule has 1 fully saturated rings. The lowest BCUT2D eigenvalue weighted by Crippen LogP contribution is -2.49. The van der Waals surface area contributed by atoms with Gasteiger partial charge >= 0.3 is 0 Å². The van der Waals surface area contributed by atoms with Crippen LogP contribution in [0.15, 0.2) is 48.5 Å². The maximum Gasteiger partial charge on any atom is 0.214 e. The first-order valence-electron chi connectivity index (χ1n) is 9.24. The number of nitrogens with one attached hydrogen (secondary N) is 1. The van der Waals surface area contributed by atoms with Crippen LogP contribution >= 0.6 is 0 Å². The van der Waals surface area contributed by atoms with Crippen molar-refractivity contribution in [3.05, 3.63) is 59.9 Å². The maximum atomic E-state index is 12.7. The predicted octanol–water partition coefficient (Wildman–Crippen LogP) is 2.57. The summed E-state index contributed by atoms with van der Waals surface area (Å²) < 4.78 is 27.0. The van der Waals surface area contributed by atoms with Gasteiger partial charge in [0.05, 0.1) is 16.8 Å². The quantitative estimate of drug-likeness (QED) is 0.734. The number of rotatable bonds is 5. The van der Waals surface area contributed by atoms with Crippen LogP contribution in [-0.4, -0.2) is 54.6 Å². The zero-order valence-electron chi connectivity index (χ0n) is 15.4. The molecule has 7 heteroatoms. The van der Waals surface area contributed by atoms with Crippen LogP contribution in [0.2, 0.25) is 0 Å². The van der Waals surface area contributed by atoms with Crippen LogP contribution in [0.4, 0.5) is 5.69 Å². The standard InChI is InChI=1S/C20H24N4O2S/c1-16-21-19-8-7-18(15-20(19)22-16)23-10-12-24(13-11-23)27(25,26)14-9-17-5-3-2-4-6-17/h2-8,15H,9-14H2,1H3,(H,21,22). The topological polar surface area (TPSA) is 69.3 Å². The third kappa shape index (κ3) is 3.99. The van der Waals surface area contributed by atoms with E-state index in [0.717, 1.165) is 28.1 Å². The highest BCUT2D eigenvalue weighted by Crippen LogP contribution is 2.22. The van der Waals surface area contributed by atoms with E-state index in [0.29, 0.717) is 32.6 Å². The summed E-state index contributed by atoms with van der Waals surface area (Å²) in [6.45, 7) is 4.39. The van der Waals surface area contributed by atoms with Crippen LogP contribution in [0.1, 0.15) is 11.4 Å². The van der Waals surface area contributed by atoms with E-state index in [1.807, 2.05) is 43.3 Å². The van der Waals surface area contributed by atoms with Crippen molar-refractivity contribution in [2.75, 3.05) is 36.8 Å². The first kappa shape index (κ1) is 18.0. The van der Waals surface area contributed by atoms with E-state index in [4.69, 9.17) is 0 Å². The molecule has 1 aromatic heterocycles. The number of fused-ring (bicyclic) bond motifs is 1. The molecule has 0 unspecified atom stereocenters. The average Bonchev–Trinajstić information content (AvgIpc) is 3.06. The smallest absolute Gasteiger partial charge is 0.214 e. The third-order valence-corrected chi connectivity index (χ3v) is 6.94. The van der Waals surface area contributed by atoms with E-state index in [2.05, 4.69) is 27.0 Å². The lowest BCUT2D eigenvalue weighted by atomic mass is 10.2. The van der Waals surface area contributed by atoms with Crippen molar-refractivity contribution in [3.63, 3.8) is 0 Å². The molecule has 1 aliphatic heterocycles. The Morgan fingerprint density at radius 1 is 1.04 bits per heavy atom. The summed E-state index contributed by atoms with van der Waals surface area (Å²) >= 11 is 0. The molecule has 27 heavy (non-hydrogen) atoms. The van der Waals surface area contributed by atoms with E-state index in [9.17, 15) is 8.42 Å². The minimum absolute atomic E-state index is 0.163. The number of anilines is 1. The summed E-state index contributed by atoms with van der Waals surface area (Å²) in [6.07, 6.45) is 0.555. The molecule has 6 nitrogen and oxygen atoms in total. The molecule has 2 aromatic carbocycles. The molecule has 0 bridgehead atoms. The van der Waals surface area contributed by atoms with E-state index in [-0.39, 0.29) is 5.75 Å². The van der Waals surface area contributed by atoms with Crippen LogP contribution in [0.5, 0.6) is 0 Å². The van der Waals surface area contributed by atoms with Crippen molar-refractivity contribution in [2.45, 2.75) is 13.3 Å². The predicted molar refractivity (Wildman–Crippen MR) is 109 cm³/mol. The van der Waals surface area contributed by atoms with Gasteiger partial charge in [-0.05, 0) is 37.1 Å². The van der Waals surface area contributed by atoms with Crippen LogP contribution in [-0.2, 0) is 16.4 Å². The SMILES string of the molecule is Cc1nc2ccc(N3CCN(S(=O)(=O)CCc4ccccc4)CC3)cc2[nH]1. The van der Waals surface area contributed by atoms with Gasteiger partial charge in [0.2, 0.25) is 10.0 Å². The Bertz CT molecular complexity index is 1020. The molecule has 1 N–H and O–H groups in total. The number of aryl methyl sites for hydroxylation is 2. The fourth-order valence-electron chi connectivity index (χ4n) is 3.57. The van der Waals surface area contributed by atoms with Gasteiger partial charge < -0.3 is 9.88 Å². The Balaban J connectivity index is 1.38. The first-order valence-corrected chi connectivity index (χ1v) is 10.9. The van der Waals surface area contributed by atoms with Gasteiger partial charge in [-0.25, -0.2) is 13.4 Å². The van der Waals surface area contributed by atoms with Crippen molar-refractivity contribution in [1.82, 2.24) is 14.3 Å². The van der Waals surface area contributed by atoms with E-state index in [1.54, 1.807) is 4.31 Å². The molecule has 0 spiro atoms. The first-order chi connectivity index (χ1) is 13.0. The van der Waals surface area contributed by atoms with Gasteiger partial charge in [-0.1, -0.05) is 30.3 Å². The van der Waals surface area contributed by atoms with Gasteiger partial charge in [0.25, 0.3) is 0 Å². The molecule has 0 aliphatic carbocycles.